The lowest BCUT2D eigenvalue weighted by atomic mass is 9.81. The van der Waals surface area contributed by atoms with E-state index in [1.54, 1.807) is 9.80 Å². The van der Waals surface area contributed by atoms with E-state index < -0.39 is 5.41 Å². The van der Waals surface area contributed by atoms with Crippen molar-refractivity contribution in [3.63, 3.8) is 0 Å². The Morgan fingerprint density at radius 1 is 1.32 bits per heavy atom. The molecule has 2 aliphatic rings. The molecular formula is C20H22N4O4. The number of hydrogen-bond donors (Lipinski definition) is 1. The molecule has 0 aliphatic carbocycles. The van der Waals surface area contributed by atoms with E-state index in [1.807, 2.05) is 31.2 Å². The van der Waals surface area contributed by atoms with E-state index in [1.165, 1.54) is 6.20 Å². The van der Waals surface area contributed by atoms with Gasteiger partial charge in [-0.1, -0.05) is 18.2 Å². The summed E-state index contributed by atoms with van der Waals surface area (Å²) in [5, 5.41) is 0. The zero-order valence-electron chi connectivity index (χ0n) is 15.7. The molecule has 1 saturated heterocycles. The summed E-state index contributed by atoms with van der Waals surface area (Å²) in [4.78, 5) is 47.2. The number of para-hydroxylation sites is 1. The molecule has 1 atom stereocenters. The second kappa shape index (κ2) is 7.20. The van der Waals surface area contributed by atoms with Crippen molar-refractivity contribution in [2.24, 2.45) is 0 Å². The Morgan fingerprint density at radius 2 is 2.14 bits per heavy atom. The number of ether oxygens (including phenoxy) is 1. The number of hydrogen-bond acceptors (Lipinski definition) is 5. The van der Waals surface area contributed by atoms with E-state index >= 15 is 0 Å². The van der Waals surface area contributed by atoms with Gasteiger partial charge in [-0.2, -0.15) is 0 Å². The van der Waals surface area contributed by atoms with Crippen molar-refractivity contribution >= 4 is 17.5 Å². The van der Waals surface area contributed by atoms with Gasteiger partial charge in [-0.05, 0) is 25.0 Å². The summed E-state index contributed by atoms with van der Waals surface area (Å²) in [6, 6.07) is 7.76. The fraction of sp³-hybridized carbons (Fsp3) is 0.400. The SMILES string of the molecule is CCOCCN1C(=O)C2(CCN(C(=O)c3c[nH]c(=O)cn3)C2)c2ccccc21. The van der Waals surface area contributed by atoms with E-state index in [2.05, 4.69) is 9.97 Å². The van der Waals surface area contributed by atoms with Gasteiger partial charge in [0.05, 0.1) is 18.2 Å². The highest BCUT2D eigenvalue weighted by molar-refractivity contribution is 6.09. The minimum Gasteiger partial charge on any atom is -0.380 e. The van der Waals surface area contributed by atoms with E-state index in [0.29, 0.717) is 39.3 Å². The van der Waals surface area contributed by atoms with Crippen LogP contribution in [0.25, 0.3) is 0 Å². The van der Waals surface area contributed by atoms with Crippen LogP contribution in [0.5, 0.6) is 0 Å². The van der Waals surface area contributed by atoms with Crippen molar-refractivity contribution in [1.29, 1.82) is 0 Å². The molecule has 8 heteroatoms. The average Bonchev–Trinajstić information content (AvgIpc) is 3.26. The Morgan fingerprint density at radius 3 is 2.89 bits per heavy atom. The fourth-order valence-electron chi connectivity index (χ4n) is 4.12. The summed E-state index contributed by atoms with van der Waals surface area (Å²) < 4.78 is 5.44. The quantitative estimate of drug-likeness (QED) is 0.777. The number of carbonyl (C=O) groups is 2. The first-order chi connectivity index (χ1) is 13.6. The van der Waals surface area contributed by atoms with Gasteiger partial charge in [-0.3, -0.25) is 14.4 Å². The molecule has 8 nitrogen and oxygen atoms in total. The Balaban J connectivity index is 1.61. The maximum atomic E-state index is 13.4. The van der Waals surface area contributed by atoms with Crippen LogP contribution in [0.2, 0.25) is 0 Å². The van der Waals surface area contributed by atoms with Crippen molar-refractivity contribution in [3.8, 4) is 0 Å². The van der Waals surface area contributed by atoms with Crippen LogP contribution in [0.3, 0.4) is 0 Å². The molecular weight excluding hydrogens is 360 g/mol. The molecule has 0 saturated carbocycles. The second-order valence-electron chi connectivity index (χ2n) is 7.03. The molecule has 1 fully saturated rings. The number of likely N-dealkylation sites (tertiary alicyclic amines) is 1. The normalized spacial score (nSPS) is 20.8. The molecule has 1 spiro atoms. The Kier molecular flexibility index (Phi) is 4.72. The smallest absolute Gasteiger partial charge is 0.274 e. The first kappa shape index (κ1) is 18.4. The highest BCUT2D eigenvalue weighted by atomic mass is 16.5. The number of anilines is 1. The number of benzene rings is 1. The number of carbonyl (C=O) groups excluding carboxylic acids is 2. The second-order valence-corrected chi connectivity index (χ2v) is 7.03. The molecule has 2 aromatic rings. The van der Waals surface area contributed by atoms with Gasteiger partial charge in [-0.25, -0.2) is 4.98 Å². The number of H-pyrrole nitrogens is 1. The van der Waals surface area contributed by atoms with E-state index in [4.69, 9.17) is 4.74 Å². The topological polar surface area (TPSA) is 95.6 Å². The summed E-state index contributed by atoms with van der Waals surface area (Å²) in [7, 11) is 0. The highest BCUT2D eigenvalue weighted by Gasteiger charge is 2.55. The van der Waals surface area contributed by atoms with Crippen LogP contribution in [-0.4, -0.2) is 59.5 Å². The maximum Gasteiger partial charge on any atom is 0.274 e. The van der Waals surface area contributed by atoms with Crippen LogP contribution in [0, 0.1) is 0 Å². The van der Waals surface area contributed by atoms with Gasteiger partial charge >= 0.3 is 0 Å². The first-order valence-corrected chi connectivity index (χ1v) is 9.40. The number of aromatic amines is 1. The van der Waals surface area contributed by atoms with Crippen molar-refractivity contribution in [2.45, 2.75) is 18.8 Å². The summed E-state index contributed by atoms with van der Waals surface area (Å²) in [5.41, 5.74) is 0.925. The fourth-order valence-corrected chi connectivity index (χ4v) is 4.12. The third-order valence-corrected chi connectivity index (χ3v) is 5.48. The van der Waals surface area contributed by atoms with Gasteiger partial charge in [0.15, 0.2) is 0 Å². The van der Waals surface area contributed by atoms with Gasteiger partial charge in [-0.15, -0.1) is 0 Å². The molecule has 4 rings (SSSR count). The molecule has 146 valence electrons. The molecule has 1 unspecified atom stereocenters. The molecule has 1 aromatic carbocycles. The number of nitrogens with one attached hydrogen (secondary N) is 1. The van der Waals surface area contributed by atoms with Gasteiger partial charge in [0.1, 0.15) is 5.69 Å². The number of amides is 2. The van der Waals surface area contributed by atoms with Gasteiger partial charge in [0, 0.05) is 38.1 Å². The highest BCUT2D eigenvalue weighted by Crippen LogP contribution is 2.47. The zero-order chi connectivity index (χ0) is 19.7. The van der Waals surface area contributed by atoms with Crippen molar-refractivity contribution in [3.05, 3.63) is 58.3 Å². The maximum absolute atomic E-state index is 13.4. The zero-order valence-corrected chi connectivity index (χ0v) is 15.7. The number of nitrogens with zero attached hydrogens (tertiary/aromatic N) is 3. The Bertz CT molecular complexity index is 952. The van der Waals surface area contributed by atoms with E-state index in [-0.39, 0.29) is 23.1 Å². The summed E-state index contributed by atoms with van der Waals surface area (Å²) >= 11 is 0. The third-order valence-electron chi connectivity index (χ3n) is 5.48. The monoisotopic (exact) mass is 382 g/mol. The minimum absolute atomic E-state index is 0.0122. The molecule has 0 bridgehead atoms. The van der Waals surface area contributed by atoms with Crippen LogP contribution < -0.4 is 10.5 Å². The number of fused-ring (bicyclic) bond motifs is 2. The summed E-state index contributed by atoms with van der Waals surface area (Å²) in [5.74, 6) is -0.274. The molecule has 2 aliphatic heterocycles. The van der Waals surface area contributed by atoms with Crippen LogP contribution in [0.4, 0.5) is 5.69 Å². The van der Waals surface area contributed by atoms with Crippen LogP contribution in [-0.2, 0) is 14.9 Å². The van der Waals surface area contributed by atoms with Gasteiger partial charge in [0.2, 0.25) is 5.91 Å². The minimum atomic E-state index is -0.735. The van der Waals surface area contributed by atoms with Crippen LogP contribution in [0.15, 0.2) is 41.5 Å². The molecule has 3 heterocycles. The molecule has 1 aromatic heterocycles. The predicted octanol–water partition coefficient (Wildman–Crippen LogP) is 0.937. The molecule has 0 radical (unpaired) electrons. The molecule has 2 amide bonds. The Hall–Kier alpha value is -3.00. The number of rotatable bonds is 5. The standard InChI is InChI=1S/C20H22N4O4/c1-2-28-10-9-24-16-6-4-3-5-14(16)20(19(24)27)7-8-23(13-20)18(26)15-11-22-17(25)12-21-15/h3-6,11-12H,2,7-10,13H2,1H3,(H,22,25). The van der Waals surface area contributed by atoms with Crippen molar-refractivity contribution < 1.29 is 14.3 Å². The van der Waals surface area contributed by atoms with E-state index in [9.17, 15) is 14.4 Å². The van der Waals surface area contributed by atoms with Crippen molar-refractivity contribution in [2.75, 3.05) is 37.7 Å². The summed E-state index contributed by atoms with van der Waals surface area (Å²) in [6.07, 6.45) is 2.96. The lowest BCUT2D eigenvalue weighted by Gasteiger charge is -2.24. The number of aromatic nitrogens is 2. The third kappa shape index (κ3) is 2.90. The summed E-state index contributed by atoms with van der Waals surface area (Å²) in [6.45, 7) is 4.24. The van der Waals surface area contributed by atoms with Crippen LogP contribution in [0.1, 0.15) is 29.4 Å². The molecule has 28 heavy (non-hydrogen) atoms. The van der Waals surface area contributed by atoms with Crippen LogP contribution >= 0.6 is 0 Å². The largest absolute Gasteiger partial charge is 0.380 e. The molecule has 1 N–H and O–H groups in total. The predicted molar refractivity (Wildman–Crippen MR) is 102 cm³/mol. The van der Waals surface area contributed by atoms with Gasteiger partial charge in [0.25, 0.3) is 11.5 Å². The van der Waals surface area contributed by atoms with Gasteiger partial charge < -0.3 is 19.5 Å². The lowest BCUT2D eigenvalue weighted by Crippen LogP contribution is -2.44. The van der Waals surface area contributed by atoms with Crippen molar-refractivity contribution in [1.82, 2.24) is 14.9 Å². The first-order valence-electron chi connectivity index (χ1n) is 9.40. The lowest BCUT2D eigenvalue weighted by molar-refractivity contribution is -0.122. The Labute approximate surface area is 162 Å². The van der Waals surface area contributed by atoms with E-state index in [0.717, 1.165) is 17.4 Å². The average molecular weight is 382 g/mol.